The van der Waals surface area contributed by atoms with Gasteiger partial charge in [0.15, 0.2) is 0 Å². The Morgan fingerprint density at radius 2 is 2.22 bits per heavy atom. The number of hydrogen-bond acceptors (Lipinski definition) is 4. The van der Waals surface area contributed by atoms with Crippen LogP contribution in [0, 0.1) is 0 Å². The van der Waals surface area contributed by atoms with Crippen molar-refractivity contribution in [3.05, 3.63) is 24.0 Å². The second kappa shape index (κ2) is 5.82. The number of likely N-dealkylation sites (N-methyl/N-ethyl adjacent to an activating group) is 1. The molecular formula is C13H21N3O2. The number of aliphatic hydroxyl groups is 1. The molecule has 0 aliphatic rings. The third kappa shape index (κ3) is 4.33. The Morgan fingerprint density at radius 3 is 2.78 bits per heavy atom. The SMILES string of the molecule is CCNC(=O)c1cc(N(C)CC(C)(C)O)ccn1. The Balaban J connectivity index is 2.84. The third-order valence-corrected chi connectivity index (χ3v) is 2.38. The Labute approximate surface area is 108 Å². The Morgan fingerprint density at radius 1 is 1.56 bits per heavy atom. The van der Waals surface area contributed by atoms with Gasteiger partial charge in [-0.15, -0.1) is 0 Å². The van der Waals surface area contributed by atoms with E-state index in [4.69, 9.17) is 0 Å². The number of pyridine rings is 1. The summed E-state index contributed by atoms with van der Waals surface area (Å²) >= 11 is 0. The van der Waals surface area contributed by atoms with Crippen molar-refractivity contribution in [3.8, 4) is 0 Å². The monoisotopic (exact) mass is 251 g/mol. The van der Waals surface area contributed by atoms with E-state index in [-0.39, 0.29) is 5.91 Å². The lowest BCUT2D eigenvalue weighted by atomic mass is 10.1. The van der Waals surface area contributed by atoms with Crippen LogP contribution >= 0.6 is 0 Å². The van der Waals surface area contributed by atoms with Crippen LogP contribution in [0.15, 0.2) is 18.3 Å². The summed E-state index contributed by atoms with van der Waals surface area (Å²) in [6.07, 6.45) is 1.60. The normalized spacial score (nSPS) is 11.2. The smallest absolute Gasteiger partial charge is 0.269 e. The molecule has 0 saturated heterocycles. The van der Waals surface area contributed by atoms with E-state index >= 15 is 0 Å². The van der Waals surface area contributed by atoms with Crippen LogP contribution in [-0.2, 0) is 0 Å². The summed E-state index contributed by atoms with van der Waals surface area (Å²) in [6.45, 7) is 6.41. The van der Waals surface area contributed by atoms with Crippen LogP contribution in [0.2, 0.25) is 0 Å². The maximum absolute atomic E-state index is 11.7. The lowest BCUT2D eigenvalue weighted by molar-refractivity contribution is 0.0886. The molecule has 0 spiro atoms. The quantitative estimate of drug-likeness (QED) is 0.820. The molecule has 1 heterocycles. The molecule has 5 nitrogen and oxygen atoms in total. The number of nitrogens with one attached hydrogen (secondary N) is 1. The first-order chi connectivity index (χ1) is 8.33. The Hall–Kier alpha value is -1.62. The van der Waals surface area contributed by atoms with Crippen molar-refractivity contribution in [1.82, 2.24) is 10.3 Å². The second-order valence-corrected chi connectivity index (χ2v) is 4.93. The van der Waals surface area contributed by atoms with Gasteiger partial charge in [0.05, 0.1) is 5.60 Å². The molecule has 1 aromatic heterocycles. The van der Waals surface area contributed by atoms with E-state index in [2.05, 4.69) is 10.3 Å². The van der Waals surface area contributed by atoms with Crippen molar-refractivity contribution in [1.29, 1.82) is 0 Å². The maximum Gasteiger partial charge on any atom is 0.269 e. The van der Waals surface area contributed by atoms with Crippen LogP contribution in [0.4, 0.5) is 5.69 Å². The molecule has 0 bridgehead atoms. The second-order valence-electron chi connectivity index (χ2n) is 4.93. The number of hydrogen-bond donors (Lipinski definition) is 2. The molecule has 0 saturated carbocycles. The van der Waals surface area contributed by atoms with Gasteiger partial charge in [-0.05, 0) is 32.9 Å². The fourth-order valence-corrected chi connectivity index (χ4v) is 1.70. The summed E-state index contributed by atoms with van der Waals surface area (Å²) in [5.41, 5.74) is 0.453. The lowest BCUT2D eigenvalue weighted by Crippen LogP contribution is -2.36. The zero-order valence-corrected chi connectivity index (χ0v) is 11.4. The molecule has 1 aromatic rings. The van der Waals surface area contributed by atoms with Crippen molar-refractivity contribution in [2.24, 2.45) is 0 Å². The molecule has 2 N–H and O–H groups in total. The van der Waals surface area contributed by atoms with Crippen LogP contribution < -0.4 is 10.2 Å². The van der Waals surface area contributed by atoms with Gasteiger partial charge in [0.25, 0.3) is 5.91 Å². The molecule has 0 aliphatic heterocycles. The number of carbonyl (C=O) groups excluding carboxylic acids is 1. The largest absolute Gasteiger partial charge is 0.389 e. The average Bonchev–Trinajstić information content (AvgIpc) is 2.27. The van der Waals surface area contributed by atoms with Gasteiger partial charge in [-0.3, -0.25) is 9.78 Å². The van der Waals surface area contributed by atoms with Gasteiger partial charge in [-0.1, -0.05) is 0 Å². The molecule has 100 valence electrons. The Kier molecular flexibility index (Phi) is 4.67. The van der Waals surface area contributed by atoms with E-state index in [1.807, 2.05) is 24.9 Å². The highest BCUT2D eigenvalue weighted by atomic mass is 16.3. The fourth-order valence-electron chi connectivity index (χ4n) is 1.70. The van der Waals surface area contributed by atoms with Crippen LogP contribution in [-0.4, -0.2) is 41.7 Å². The molecule has 0 unspecified atom stereocenters. The molecule has 18 heavy (non-hydrogen) atoms. The van der Waals surface area contributed by atoms with Gasteiger partial charge in [0, 0.05) is 32.0 Å². The van der Waals surface area contributed by atoms with Crippen molar-refractivity contribution >= 4 is 11.6 Å². The summed E-state index contributed by atoms with van der Waals surface area (Å²) in [5.74, 6) is -0.184. The van der Waals surface area contributed by atoms with E-state index in [9.17, 15) is 9.90 Å². The number of amides is 1. The number of aromatic nitrogens is 1. The Bertz CT molecular complexity index is 413. The first-order valence-electron chi connectivity index (χ1n) is 6.01. The van der Waals surface area contributed by atoms with Gasteiger partial charge in [-0.2, -0.15) is 0 Å². The predicted molar refractivity (Wildman–Crippen MR) is 71.8 cm³/mol. The van der Waals surface area contributed by atoms with Gasteiger partial charge in [0.1, 0.15) is 5.69 Å². The zero-order valence-electron chi connectivity index (χ0n) is 11.4. The summed E-state index contributed by atoms with van der Waals surface area (Å²) in [7, 11) is 1.87. The van der Waals surface area contributed by atoms with Crippen molar-refractivity contribution in [2.45, 2.75) is 26.4 Å². The topological polar surface area (TPSA) is 65.5 Å². The lowest BCUT2D eigenvalue weighted by Gasteiger charge is -2.27. The van der Waals surface area contributed by atoms with Crippen molar-refractivity contribution in [3.63, 3.8) is 0 Å². The van der Waals surface area contributed by atoms with E-state index in [1.165, 1.54) is 0 Å². The molecule has 1 amide bonds. The van der Waals surface area contributed by atoms with Crippen LogP contribution in [0.1, 0.15) is 31.3 Å². The predicted octanol–water partition coefficient (Wildman–Crippen LogP) is 1.04. The van der Waals surface area contributed by atoms with E-state index in [1.54, 1.807) is 26.1 Å². The number of anilines is 1. The van der Waals surface area contributed by atoms with Gasteiger partial charge in [0.2, 0.25) is 0 Å². The summed E-state index contributed by atoms with van der Waals surface area (Å²) in [6, 6.07) is 3.53. The third-order valence-electron chi connectivity index (χ3n) is 2.38. The number of rotatable bonds is 5. The molecule has 0 aliphatic carbocycles. The molecule has 0 radical (unpaired) electrons. The minimum absolute atomic E-state index is 0.184. The van der Waals surface area contributed by atoms with Crippen LogP contribution in [0.25, 0.3) is 0 Å². The van der Waals surface area contributed by atoms with Gasteiger partial charge < -0.3 is 15.3 Å². The van der Waals surface area contributed by atoms with Gasteiger partial charge >= 0.3 is 0 Å². The maximum atomic E-state index is 11.7. The fraction of sp³-hybridized carbons (Fsp3) is 0.538. The van der Waals surface area contributed by atoms with Crippen molar-refractivity contribution in [2.75, 3.05) is 25.0 Å². The van der Waals surface area contributed by atoms with E-state index in [0.29, 0.717) is 18.8 Å². The van der Waals surface area contributed by atoms with Crippen molar-refractivity contribution < 1.29 is 9.90 Å². The number of carbonyl (C=O) groups is 1. The minimum Gasteiger partial charge on any atom is -0.389 e. The first kappa shape index (κ1) is 14.4. The minimum atomic E-state index is -0.788. The van der Waals surface area contributed by atoms with E-state index in [0.717, 1.165) is 5.69 Å². The van der Waals surface area contributed by atoms with Crippen LogP contribution in [0.5, 0.6) is 0 Å². The molecule has 0 fully saturated rings. The standard InChI is InChI=1S/C13H21N3O2/c1-5-14-12(17)11-8-10(6-7-15-11)16(4)9-13(2,3)18/h6-8,18H,5,9H2,1-4H3,(H,14,17). The highest BCUT2D eigenvalue weighted by molar-refractivity contribution is 5.93. The molecule has 0 atom stereocenters. The first-order valence-corrected chi connectivity index (χ1v) is 6.01. The highest BCUT2D eigenvalue weighted by Gasteiger charge is 2.17. The van der Waals surface area contributed by atoms with Crippen LogP contribution in [0.3, 0.4) is 0 Å². The summed E-state index contributed by atoms with van der Waals surface area (Å²) in [5, 5.41) is 12.5. The molecular weight excluding hydrogens is 230 g/mol. The average molecular weight is 251 g/mol. The summed E-state index contributed by atoms with van der Waals surface area (Å²) < 4.78 is 0. The van der Waals surface area contributed by atoms with E-state index < -0.39 is 5.60 Å². The molecule has 5 heteroatoms. The van der Waals surface area contributed by atoms with Gasteiger partial charge in [-0.25, -0.2) is 0 Å². The highest BCUT2D eigenvalue weighted by Crippen LogP contribution is 2.15. The molecule has 1 rings (SSSR count). The molecule has 0 aromatic carbocycles. The summed E-state index contributed by atoms with van der Waals surface area (Å²) in [4.78, 5) is 17.6. The zero-order chi connectivity index (χ0) is 13.8. The number of nitrogens with zero attached hydrogens (tertiary/aromatic N) is 2.